The topological polar surface area (TPSA) is 91.2 Å². The van der Waals surface area contributed by atoms with Gasteiger partial charge in [-0.1, -0.05) is 26.0 Å². The van der Waals surface area contributed by atoms with E-state index in [9.17, 15) is 15.0 Å². The molecule has 0 aliphatic carbocycles. The normalized spacial score (nSPS) is 12.1. The predicted molar refractivity (Wildman–Crippen MR) is 112 cm³/mol. The molecule has 8 heteroatoms. The van der Waals surface area contributed by atoms with Crippen molar-refractivity contribution < 1.29 is 19.7 Å². The third-order valence-corrected chi connectivity index (χ3v) is 5.38. The molecule has 0 aromatic heterocycles. The van der Waals surface area contributed by atoms with Crippen molar-refractivity contribution in [3.05, 3.63) is 50.4 Å². The van der Waals surface area contributed by atoms with E-state index in [1.807, 2.05) is 24.3 Å². The first-order valence-electron chi connectivity index (χ1n) is 8.28. The molecular formula is C19H20Br2N2O4. The summed E-state index contributed by atoms with van der Waals surface area (Å²) in [4.78, 5) is 11.8. The van der Waals surface area contributed by atoms with Crippen LogP contribution in [0.3, 0.4) is 0 Å². The molecule has 2 aromatic carbocycles. The molecule has 2 rings (SSSR count). The van der Waals surface area contributed by atoms with Crippen LogP contribution in [0.2, 0.25) is 0 Å². The summed E-state index contributed by atoms with van der Waals surface area (Å²) in [5, 5.41) is 23.4. The fourth-order valence-corrected chi connectivity index (χ4v) is 3.35. The highest BCUT2D eigenvalue weighted by Gasteiger charge is 2.13. The Labute approximate surface area is 174 Å². The van der Waals surface area contributed by atoms with Gasteiger partial charge in [0.1, 0.15) is 21.7 Å². The molecule has 1 unspecified atom stereocenters. The monoisotopic (exact) mass is 498 g/mol. The first kappa shape index (κ1) is 21.2. The summed E-state index contributed by atoms with van der Waals surface area (Å²) in [6.45, 7) is 4.11. The molecule has 0 heterocycles. The Kier molecular flexibility index (Phi) is 7.67. The van der Waals surface area contributed by atoms with Crippen molar-refractivity contribution in [2.75, 3.05) is 6.61 Å². The van der Waals surface area contributed by atoms with E-state index in [4.69, 9.17) is 4.74 Å². The molecule has 1 amide bonds. The third kappa shape index (κ3) is 5.71. The molecule has 0 aliphatic heterocycles. The first-order valence-corrected chi connectivity index (χ1v) is 9.86. The van der Waals surface area contributed by atoms with E-state index >= 15 is 0 Å². The molecule has 6 nitrogen and oxygen atoms in total. The average molecular weight is 500 g/mol. The smallest absolute Gasteiger partial charge is 0.277 e. The van der Waals surface area contributed by atoms with Gasteiger partial charge in [0.05, 0.1) is 10.7 Å². The Hall–Kier alpha value is -2.06. The van der Waals surface area contributed by atoms with Crippen LogP contribution in [0.5, 0.6) is 17.2 Å². The lowest BCUT2D eigenvalue weighted by atomic mass is 9.99. The maximum absolute atomic E-state index is 11.8. The number of phenols is 2. The van der Waals surface area contributed by atoms with Crippen LogP contribution in [0.25, 0.3) is 0 Å². The number of rotatable bonds is 7. The van der Waals surface area contributed by atoms with Gasteiger partial charge in [0, 0.05) is 5.56 Å². The molecule has 0 saturated carbocycles. The van der Waals surface area contributed by atoms with Crippen LogP contribution in [0, 0.1) is 0 Å². The van der Waals surface area contributed by atoms with Crippen molar-refractivity contribution in [3.8, 4) is 17.2 Å². The molecule has 1 atom stereocenters. The van der Waals surface area contributed by atoms with Gasteiger partial charge in [-0.05, 0) is 68.0 Å². The molecule has 0 bridgehead atoms. The van der Waals surface area contributed by atoms with Crippen molar-refractivity contribution in [3.63, 3.8) is 0 Å². The maximum Gasteiger partial charge on any atom is 0.277 e. The number of ether oxygens (including phenoxy) is 1. The summed E-state index contributed by atoms with van der Waals surface area (Å²) in [6, 6.07) is 9.12. The minimum atomic E-state index is -0.436. The number of benzene rings is 2. The number of carbonyl (C=O) groups excluding carboxylic acids is 1. The number of aromatic hydroxyl groups is 2. The second kappa shape index (κ2) is 9.75. The van der Waals surface area contributed by atoms with Crippen molar-refractivity contribution in [1.29, 1.82) is 0 Å². The second-order valence-electron chi connectivity index (χ2n) is 5.92. The van der Waals surface area contributed by atoms with E-state index in [0.29, 0.717) is 21.7 Å². The number of hydrazone groups is 1. The third-order valence-electron chi connectivity index (χ3n) is 4.02. The molecule has 0 aliphatic rings. The first-order chi connectivity index (χ1) is 12.8. The van der Waals surface area contributed by atoms with Gasteiger partial charge < -0.3 is 14.9 Å². The zero-order chi connectivity index (χ0) is 20.0. The number of amides is 1. The Morgan fingerprint density at radius 3 is 2.56 bits per heavy atom. The molecule has 2 aromatic rings. The van der Waals surface area contributed by atoms with Crippen LogP contribution >= 0.6 is 31.9 Å². The standard InChI is InChI=1S/C19H20Br2N2O4/c1-3-11(2)12-4-6-14(7-5-12)27-10-16(24)23-22-9-13-8-15(20)19(26)17(21)18(13)25/h4-9,11,25-26H,3,10H2,1-2H3,(H,23,24)/b22-9+. The number of hydrogen-bond acceptors (Lipinski definition) is 5. The fourth-order valence-electron chi connectivity index (χ4n) is 2.20. The minimum absolute atomic E-state index is 0.124. The van der Waals surface area contributed by atoms with Crippen molar-refractivity contribution >= 4 is 44.0 Å². The number of phenolic OH excluding ortho intramolecular Hbond substituents is 2. The van der Waals surface area contributed by atoms with E-state index in [-0.39, 0.29) is 22.6 Å². The van der Waals surface area contributed by atoms with Gasteiger partial charge in [0.25, 0.3) is 5.91 Å². The summed E-state index contributed by atoms with van der Waals surface area (Å²) in [6.07, 6.45) is 2.33. The lowest BCUT2D eigenvalue weighted by Crippen LogP contribution is -2.24. The van der Waals surface area contributed by atoms with E-state index < -0.39 is 5.91 Å². The molecule has 0 spiro atoms. The van der Waals surface area contributed by atoms with Gasteiger partial charge in [-0.2, -0.15) is 5.10 Å². The molecule has 27 heavy (non-hydrogen) atoms. The number of hydrogen-bond donors (Lipinski definition) is 3. The summed E-state index contributed by atoms with van der Waals surface area (Å²) in [5.41, 5.74) is 3.86. The average Bonchev–Trinajstić information content (AvgIpc) is 2.68. The highest BCUT2D eigenvalue weighted by molar-refractivity contribution is 9.11. The number of carbonyl (C=O) groups is 1. The van der Waals surface area contributed by atoms with Gasteiger partial charge in [0.15, 0.2) is 6.61 Å². The van der Waals surface area contributed by atoms with E-state index in [1.165, 1.54) is 17.8 Å². The van der Waals surface area contributed by atoms with E-state index in [0.717, 1.165) is 6.42 Å². The van der Waals surface area contributed by atoms with Gasteiger partial charge in [-0.3, -0.25) is 4.79 Å². The van der Waals surface area contributed by atoms with E-state index in [2.05, 4.69) is 56.2 Å². The summed E-state index contributed by atoms with van der Waals surface area (Å²) < 4.78 is 5.95. The van der Waals surface area contributed by atoms with Crippen LogP contribution in [-0.4, -0.2) is 28.9 Å². The largest absolute Gasteiger partial charge is 0.506 e. The van der Waals surface area contributed by atoms with Crippen molar-refractivity contribution in [2.24, 2.45) is 5.10 Å². The van der Waals surface area contributed by atoms with E-state index in [1.54, 1.807) is 0 Å². The molecule has 144 valence electrons. The van der Waals surface area contributed by atoms with Crippen LogP contribution in [0.4, 0.5) is 0 Å². The summed E-state index contributed by atoms with van der Waals surface area (Å²) >= 11 is 6.23. The zero-order valence-electron chi connectivity index (χ0n) is 14.9. The van der Waals surface area contributed by atoms with Gasteiger partial charge >= 0.3 is 0 Å². The summed E-state index contributed by atoms with van der Waals surface area (Å²) in [7, 11) is 0. The van der Waals surface area contributed by atoms with Crippen LogP contribution < -0.4 is 10.2 Å². The fraction of sp³-hybridized carbons (Fsp3) is 0.263. The lowest BCUT2D eigenvalue weighted by Gasteiger charge is -2.10. The van der Waals surface area contributed by atoms with Gasteiger partial charge in [-0.25, -0.2) is 5.43 Å². The molecule has 3 N–H and O–H groups in total. The predicted octanol–water partition coefficient (Wildman–Crippen LogP) is 4.67. The van der Waals surface area contributed by atoms with Crippen LogP contribution in [-0.2, 0) is 4.79 Å². The van der Waals surface area contributed by atoms with Crippen molar-refractivity contribution in [2.45, 2.75) is 26.2 Å². The van der Waals surface area contributed by atoms with Crippen LogP contribution in [0.15, 0.2) is 44.4 Å². The SMILES string of the molecule is CCC(C)c1ccc(OCC(=O)N/N=C/c2cc(Br)c(O)c(Br)c2O)cc1. The Bertz CT molecular complexity index is 839. The van der Waals surface area contributed by atoms with Gasteiger partial charge in [-0.15, -0.1) is 0 Å². The Morgan fingerprint density at radius 1 is 1.26 bits per heavy atom. The molecule has 0 fully saturated rings. The Morgan fingerprint density at radius 2 is 1.93 bits per heavy atom. The zero-order valence-corrected chi connectivity index (χ0v) is 18.0. The number of nitrogens with one attached hydrogen (secondary N) is 1. The second-order valence-corrected chi connectivity index (χ2v) is 7.57. The minimum Gasteiger partial charge on any atom is -0.506 e. The van der Waals surface area contributed by atoms with Crippen molar-refractivity contribution in [1.82, 2.24) is 5.43 Å². The quantitative estimate of drug-likeness (QED) is 0.381. The number of halogens is 2. The highest BCUT2D eigenvalue weighted by atomic mass is 79.9. The maximum atomic E-state index is 11.8. The molecule has 0 saturated heterocycles. The lowest BCUT2D eigenvalue weighted by molar-refractivity contribution is -0.123. The summed E-state index contributed by atoms with van der Waals surface area (Å²) in [5.74, 6) is 0.333. The highest BCUT2D eigenvalue weighted by Crippen LogP contribution is 2.40. The molecular weight excluding hydrogens is 480 g/mol. The van der Waals surface area contributed by atoms with Gasteiger partial charge in [0.2, 0.25) is 0 Å². The molecule has 0 radical (unpaired) electrons. The van der Waals surface area contributed by atoms with Crippen LogP contribution in [0.1, 0.15) is 37.3 Å². The number of nitrogens with zero attached hydrogens (tertiary/aromatic N) is 1. The Balaban J connectivity index is 1.89.